The third kappa shape index (κ3) is 2.88. The maximum absolute atomic E-state index is 13.0. The minimum Gasteiger partial charge on any atom is -0.328 e. The quantitative estimate of drug-likeness (QED) is 0.729. The van der Waals surface area contributed by atoms with Crippen LogP contribution < -0.4 is 5.73 Å². The van der Waals surface area contributed by atoms with Crippen LogP contribution in [0.3, 0.4) is 0 Å². The second kappa shape index (κ2) is 4.34. The molecule has 1 aliphatic carbocycles. The number of nitrogens with two attached hydrogens (primary N) is 1. The molecule has 2 rings (SSSR count). The summed E-state index contributed by atoms with van der Waals surface area (Å²) in [6.07, 6.45) is 4.36. The minimum absolute atomic E-state index is 0.0373. The van der Waals surface area contributed by atoms with Crippen LogP contribution in [-0.4, -0.2) is 36.0 Å². The molecule has 0 unspecified atom stereocenters. The molecule has 0 amide bonds. The number of halogens is 2. The zero-order chi connectivity index (χ0) is 10.9. The average Bonchev–Trinajstić information content (AvgIpc) is 2.20. The van der Waals surface area contributed by atoms with E-state index in [1.54, 1.807) is 0 Å². The lowest BCUT2D eigenvalue weighted by atomic mass is 9.89. The molecule has 2 fully saturated rings. The Hall–Kier alpha value is -0.220. The van der Waals surface area contributed by atoms with Crippen molar-refractivity contribution in [2.45, 2.75) is 56.5 Å². The number of piperidine rings is 1. The fourth-order valence-corrected chi connectivity index (χ4v) is 2.68. The summed E-state index contributed by atoms with van der Waals surface area (Å²) >= 11 is 0. The number of alkyl halides is 2. The molecular weight excluding hydrogens is 198 g/mol. The number of hydrogen-bond acceptors (Lipinski definition) is 2. The van der Waals surface area contributed by atoms with E-state index >= 15 is 0 Å². The molecule has 0 atom stereocenters. The fourth-order valence-electron chi connectivity index (χ4n) is 2.68. The highest BCUT2D eigenvalue weighted by Gasteiger charge is 2.36. The van der Waals surface area contributed by atoms with Gasteiger partial charge >= 0.3 is 0 Å². The molecule has 0 spiro atoms. The van der Waals surface area contributed by atoms with Crippen molar-refractivity contribution in [2.75, 3.05) is 13.1 Å². The Morgan fingerprint density at radius 1 is 1.00 bits per heavy atom. The molecule has 2 aliphatic rings. The molecule has 0 aromatic carbocycles. The van der Waals surface area contributed by atoms with E-state index in [0.29, 0.717) is 25.2 Å². The summed E-state index contributed by atoms with van der Waals surface area (Å²) in [6, 6.07) is 0.855. The first-order valence-corrected chi connectivity index (χ1v) is 5.94. The van der Waals surface area contributed by atoms with Gasteiger partial charge in [0.15, 0.2) is 0 Å². The summed E-state index contributed by atoms with van der Waals surface area (Å²) in [4.78, 5) is 2.24. The highest BCUT2D eigenvalue weighted by Crippen LogP contribution is 2.31. The van der Waals surface area contributed by atoms with Crippen LogP contribution in [0.4, 0.5) is 8.78 Å². The van der Waals surface area contributed by atoms with Crippen LogP contribution in [-0.2, 0) is 0 Å². The molecule has 1 heterocycles. The summed E-state index contributed by atoms with van der Waals surface area (Å²) < 4.78 is 25.9. The summed E-state index contributed by atoms with van der Waals surface area (Å²) in [6.45, 7) is 1.12. The number of nitrogens with zero attached hydrogens (tertiary/aromatic N) is 1. The molecule has 2 N–H and O–H groups in total. The van der Waals surface area contributed by atoms with E-state index in [1.807, 2.05) is 0 Å². The number of hydrogen-bond donors (Lipinski definition) is 1. The van der Waals surface area contributed by atoms with Gasteiger partial charge in [-0.05, 0) is 25.7 Å². The van der Waals surface area contributed by atoms with Gasteiger partial charge in [-0.25, -0.2) is 8.78 Å². The zero-order valence-corrected chi connectivity index (χ0v) is 9.09. The molecule has 4 heteroatoms. The van der Waals surface area contributed by atoms with Gasteiger partial charge in [-0.1, -0.05) is 0 Å². The molecule has 0 bridgehead atoms. The Labute approximate surface area is 89.8 Å². The van der Waals surface area contributed by atoms with Crippen molar-refractivity contribution < 1.29 is 8.78 Å². The maximum Gasteiger partial charge on any atom is 0.250 e. The molecule has 0 radical (unpaired) electrons. The Bertz CT molecular complexity index is 203. The van der Waals surface area contributed by atoms with Crippen molar-refractivity contribution in [1.29, 1.82) is 0 Å². The van der Waals surface area contributed by atoms with E-state index < -0.39 is 5.92 Å². The molecule has 0 aromatic rings. The van der Waals surface area contributed by atoms with E-state index in [0.717, 1.165) is 25.7 Å². The van der Waals surface area contributed by atoms with Gasteiger partial charge in [-0.3, -0.25) is 4.90 Å². The van der Waals surface area contributed by atoms with Crippen molar-refractivity contribution in [2.24, 2.45) is 5.73 Å². The topological polar surface area (TPSA) is 29.3 Å². The summed E-state index contributed by atoms with van der Waals surface area (Å²) in [5.74, 6) is -2.42. The number of rotatable bonds is 1. The predicted molar refractivity (Wildman–Crippen MR) is 56.0 cm³/mol. The van der Waals surface area contributed by atoms with Gasteiger partial charge in [0.1, 0.15) is 0 Å². The Kier molecular flexibility index (Phi) is 3.26. The van der Waals surface area contributed by atoms with Gasteiger partial charge in [0.2, 0.25) is 0 Å². The van der Waals surface area contributed by atoms with E-state index in [9.17, 15) is 8.78 Å². The van der Waals surface area contributed by atoms with Gasteiger partial charge in [-0.2, -0.15) is 0 Å². The average molecular weight is 218 g/mol. The smallest absolute Gasteiger partial charge is 0.250 e. The molecule has 1 aliphatic heterocycles. The number of likely N-dealkylation sites (tertiary alicyclic amines) is 1. The molecule has 1 saturated carbocycles. The molecule has 1 saturated heterocycles. The van der Waals surface area contributed by atoms with Crippen molar-refractivity contribution in [3.05, 3.63) is 0 Å². The first-order chi connectivity index (χ1) is 7.07. The standard InChI is InChI=1S/C11H20F2N2/c12-11(13)5-7-15(8-6-11)10-3-1-9(14)2-4-10/h9-10H,1-8,14H2. The fraction of sp³-hybridized carbons (Fsp3) is 1.00. The third-order valence-corrected chi connectivity index (χ3v) is 3.79. The Morgan fingerprint density at radius 3 is 2.07 bits per heavy atom. The van der Waals surface area contributed by atoms with Crippen LogP contribution in [0.2, 0.25) is 0 Å². The van der Waals surface area contributed by atoms with Crippen molar-refractivity contribution in [3.63, 3.8) is 0 Å². The van der Waals surface area contributed by atoms with E-state index in [4.69, 9.17) is 5.73 Å². The Balaban J connectivity index is 1.80. The van der Waals surface area contributed by atoms with E-state index in [-0.39, 0.29) is 12.8 Å². The van der Waals surface area contributed by atoms with Crippen LogP contribution in [0, 0.1) is 0 Å². The zero-order valence-electron chi connectivity index (χ0n) is 9.09. The molecular formula is C11H20F2N2. The first kappa shape index (κ1) is 11.3. The van der Waals surface area contributed by atoms with Crippen LogP contribution in [0.5, 0.6) is 0 Å². The van der Waals surface area contributed by atoms with E-state index in [1.165, 1.54) is 0 Å². The van der Waals surface area contributed by atoms with Crippen molar-refractivity contribution in [3.8, 4) is 0 Å². The highest BCUT2D eigenvalue weighted by atomic mass is 19.3. The normalized spacial score (nSPS) is 37.8. The van der Waals surface area contributed by atoms with Crippen molar-refractivity contribution in [1.82, 2.24) is 4.90 Å². The van der Waals surface area contributed by atoms with Gasteiger partial charge in [0.25, 0.3) is 5.92 Å². The molecule has 15 heavy (non-hydrogen) atoms. The van der Waals surface area contributed by atoms with Gasteiger partial charge in [0.05, 0.1) is 0 Å². The summed E-state index contributed by atoms with van der Waals surface area (Å²) in [7, 11) is 0. The lowest BCUT2D eigenvalue weighted by Gasteiger charge is -2.40. The molecule has 88 valence electrons. The Morgan fingerprint density at radius 2 is 1.53 bits per heavy atom. The summed E-state index contributed by atoms with van der Waals surface area (Å²) in [5.41, 5.74) is 5.83. The van der Waals surface area contributed by atoms with Gasteiger partial charge in [0, 0.05) is 38.0 Å². The van der Waals surface area contributed by atoms with Gasteiger partial charge < -0.3 is 5.73 Å². The molecule has 0 aromatic heterocycles. The predicted octanol–water partition coefficient (Wildman–Crippen LogP) is 1.99. The third-order valence-electron chi connectivity index (χ3n) is 3.79. The monoisotopic (exact) mass is 218 g/mol. The molecule has 2 nitrogen and oxygen atoms in total. The van der Waals surface area contributed by atoms with Gasteiger partial charge in [-0.15, -0.1) is 0 Å². The summed E-state index contributed by atoms with van der Waals surface area (Å²) in [5, 5.41) is 0. The lowest BCUT2D eigenvalue weighted by Crippen LogP contribution is -2.47. The van der Waals surface area contributed by atoms with Crippen LogP contribution in [0.15, 0.2) is 0 Å². The minimum atomic E-state index is -2.42. The first-order valence-electron chi connectivity index (χ1n) is 5.94. The van der Waals surface area contributed by atoms with Crippen LogP contribution in [0.1, 0.15) is 38.5 Å². The highest BCUT2D eigenvalue weighted by molar-refractivity contribution is 4.86. The lowest BCUT2D eigenvalue weighted by molar-refractivity contribution is -0.0659. The largest absolute Gasteiger partial charge is 0.328 e. The van der Waals surface area contributed by atoms with Crippen LogP contribution >= 0.6 is 0 Å². The maximum atomic E-state index is 13.0. The second-order valence-electron chi connectivity index (χ2n) is 4.96. The van der Waals surface area contributed by atoms with Crippen LogP contribution in [0.25, 0.3) is 0 Å². The van der Waals surface area contributed by atoms with E-state index in [2.05, 4.69) is 4.90 Å². The second-order valence-corrected chi connectivity index (χ2v) is 4.96. The SMILES string of the molecule is NC1CCC(N2CCC(F)(F)CC2)CC1. The van der Waals surface area contributed by atoms with Crippen molar-refractivity contribution >= 4 is 0 Å².